The maximum atomic E-state index is 8.88. The van der Waals surface area contributed by atoms with Crippen LogP contribution >= 0.6 is 0 Å². The van der Waals surface area contributed by atoms with Crippen LogP contribution in [0.15, 0.2) is 0 Å². The zero-order chi connectivity index (χ0) is 13.5. The Hall–Kier alpha value is -0.670. The van der Waals surface area contributed by atoms with Crippen LogP contribution in [0.5, 0.6) is 0 Å². The summed E-state index contributed by atoms with van der Waals surface area (Å²) in [7, 11) is 1.66. The summed E-state index contributed by atoms with van der Waals surface area (Å²) in [5.74, 6) is 0. The summed E-state index contributed by atoms with van der Waals surface area (Å²) in [5.41, 5.74) is 0. The summed E-state index contributed by atoms with van der Waals surface area (Å²) in [6.45, 7) is 6.22. The first-order valence-electron chi connectivity index (χ1n) is 6.62. The first kappa shape index (κ1) is 17.3. The predicted octanol–water partition coefficient (Wildman–Crippen LogP) is 1.34. The van der Waals surface area contributed by atoms with Crippen LogP contribution in [0.3, 0.4) is 0 Å². The maximum absolute atomic E-state index is 8.88. The van der Waals surface area contributed by atoms with Gasteiger partial charge < -0.3 is 19.5 Å². The lowest BCUT2D eigenvalue weighted by Gasteiger charge is -2.10. The van der Waals surface area contributed by atoms with Gasteiger partial charge in [0.25, 0.3) is 0 Å². The predicted molar refractivity (Wildman–Crippen MR) is 70.4 cm³/mol. The van der Waals surface area contributed by atoms with E-state index in [4.69, 9.17) is 19.5 Å². The zero-order valence-corrected chi connectivity index (χ0v) is 11.6. The van der Waals surface area contributed by atoms with E-state index in [1.54, 1.807) is 7.11 Å². The van der Waals surface area contributed by atoms with Crippen molar-refractivity contribution in [2.45, 2.75) is 32.2 Å². The summed E-state index contributed by atoms with van der Waals surface area (Å²) >= 11 is 0. The summed E-state index contributed by atoms with van der Waals surface area (Å²) in [5, 5.41) is 12.0. The highest BCUT2D eigenvalue weighted by Gasteiger charge is 2.04. The fraction of sp³-hybridized carbons (Fsp3) is 0.923. The third-order valence-corrected chi connectivity index (χ3v) is 2.36. The Morgan fingerprint density at radius 3 is 2.44 bits per heavy atom. The van der Waals surface area contributed by atoms with E-state index in [1.807, 2.05) is 0 Å². The summed E-state index contributed by atoms with van der Waals surface area (Å²) in [4.78, 5) is 0. The van der Waals surface area contributed by atoms with Crippen molar-refractivity contribution in [2.75, 3.05) is 46.7 Å². The topological polar surface area (TPSA) is 63.5 Å². The third kappa shape index (κ3) is 11.8. The third-order valence-electron chi connectivity index (χ3n) is 2.36. The Kier molecular flexibility index (Phi) is 13.9. The van der Waals surface area contributed by atoms with Crippen LogP contribution in [0.2, 0.25) is 0 Å². The number of hydrogen-bond acceptors (Lipinski definition) is 5. The minimum absolute atomic E-state index is 0.0945. The van der Waals surface area contributed by atoms with Crippen molar-refractivity contribution in [1.29, 1.82) is 5.26 Å². The highest BCUT2D eigenvalue weighted by atomic mass is 16.5. The van der Waals surface area contributed by atoms with Crippen LogP contribution in [0.4, 0.5) is 0 Å². The molecule has 0 aliphatic carbocycles. The molecule has 18 heavy (non-hydrogen) atoms. The molecule has 0 aromatic carbocycles. The van der Waals surface area contributed by atoms with Crippen LogP contribution in [0.25, 0.3) is 0 Å². The van der Waals surface area contributed by atoms with Crippen molar-refractivity contribution in [1.82, 2.24) is 5.32 Å². The molecule has 0 amide bonds. The van der Waals surface area contributed by atoms with Gasteiger partial charge in [0.15, 0.2) is 0 Å². The second-order valence-corrected chi connectivity index (χ2v) is 4.00. The molecular formula is C13H26N2O3. The molecule has 1 unspecified atom stereocenters. The molecule has 0 saturated heterocycles. The molecule has 106 valence electrons. The monoisotopic (exact) mass is 258 g/mol. The van der Waals surface area contributed by atoms with Gasteiger partial charge in [-0.15, -0.1) is 0 Å². The van der Waals surface area contributed by atoms with Crippen LogP contribution < -0.4 is 5.32 Å². The second kappa shape index (κ2) is 14.4. The number of nitriles is 1. The van der Waals surface area contributed by atoms with Gasteiger partial charge in [0, 0.05) is 26.9 Å². The Bertz CT molecular complexity index is 207. The van der Waals surface area contributed by atoms with Crippen LogP contribution in [0.1, 0.15) is 26.2 Å². The molecule has 0 saturated carbocycles. The van der Waals surface area contributed by atoms with E-state index in [9.17, 15) is 0 Å². The molecule has 0 rings (SSSR count). The molecule has 0 fully saturated rings. The van der Waals surface area contributed by atoms with Crippen molar-refractivity contribution in [2.24, 2.45) is 0 Å². The average molecular weight is 258 g/mol. The molecule has 0 aromatic rings. The minimum Gasteiger partial charge on any atom is -0.382 e. The standard InChI is InChI=1S/C13H26N2O3/c1-3-6-15-13(12-14)5-9-17-7-4-8-18-11-10-16-2/h13,15H,3-11H2,1-2H3. The number of nitrogens with one attached hydrogen (secondary N) is 1. The normalized spacial score (nSPS) is 12.3. The van der Waals surface area contributed by atoms with Gasteiger partial charge in [-0.05, 0) is 25.8 Å². The lowest BCUT2D eigenvalue weighted by Crippen LogP contribution is -2.29. The molecule has 5 nitrogen and oxygen atoms in total. The first-order valence-corrected chi connectivity index (χ1v) is 6.62. The van der Waals surface area contributed by atoms with Crippen LogP contribution in [-0.4, -0.2) is 52.7 Å². The Morgan fingerprint density at radius 1 is 1.11 bits per heavy atom. The van der Waals surface area contributed by atoms with E-state index >= 15 is 0 Å². The highest BCUT2D eigenvalue weighted by molar-refractivity contribution is 4.89. The van der Waals surface area contributed by atoms with Crippen molar-refractivity contribution in [3.05, 3.63) is 0 Å². The largest absolute Gasteiger partial charge is 0.382 e. The Morgan fingerprint density at radius 2 is 1.83 bits per heavy atom. The Balaban J connectivity index is 3.21. The molecule has 1 N–H and O–H groups in total. The number of hydrogen-bond donors (Lipinski definition) is 1. The fourth-order valence-electron chi connectivity index (χ4n) is 1.34. The first-order chi connectivity index (χ1) is 8.85. The molecule has 0 aliphatic heterocycles. The van der Waals surface area contributed by atoms with Crippen LogP contribution in [0, 0.1) is 11.3 Å². The Labute approximate surface area is 110 Å². The van der Waals surface area contributed by atoms with Crippen molar-refractivity contribution in [3.8, 4) is 6.07 Å². The number of methoxy groups -OCH3 is 1. The molecular weight excluding hydrogens is 232 g/mol. The van der Waals surface area contributed by atoms with Gasteiger partial charge in [0.2, 0.25) is 0 Å². The second-order valence-electron chi connectivity index (χ2n) is 4.00. The number of rotatable bonds is 13. The molecule has 0 radical (unpaired) electrons. The lowest BCUT2D eigenvalue weighted by atomic mass is 10.2. The van der Waals surface area contributed by atoms with E-state index < -0.39 is 0 Å². The van der Waals surface area contributed by atoms with Gasteiger partial charge in [0.05, 0.1) is 25.3 Å². The highest BCUT2D eigenvalue weighted by Crippen LogP contribution is 1.93. The summed E-state index contributed by atoms with van der Waals surface area (Å²) < 4.78 is 15.6. The number of ether oxygens (including phenoxy) is 3. The smallest absolute Gasteiger partial charge is 0.0975 e. The van der Waals surface area contributed by atoms with E-state index in [0.717, 1.165) is 25.8 Å². The van der Waals surface area contributed by atoms with Gasteiger partial charge >= 0.3 is 0 Å². The van der Waals surface area contributed by atoms with Gasteiger partial charge in [-0.25, -0.2) is 0 Å². The van der Waals surface area contributed by atoms with Gasteiger partial charge in [-0.3, -0.25) is 0 Å². The minimum atomic E-state index is -0.0945. The van der Waals surface area contributed by atoms with Gasteiger partial charge in [-0.1, -0.05) is 6.92 Å². The van der Waals surface area contributed by atoms with E-state index in [2.05, 4.69) is 18.3 Å². The molecule has 1 atom stereocenters. The molecule has 0 aromatic heterocycles. The SMILES string of the molecule is CCCNC(C#N)CCOCCCOCCOC. The molecule has 0 aliphatic rings. The summed E-state index contributed by atoms with van der Waals surface area (Å²) in [6, 6.07) is 2.14. The van der Waals surface area contributed by atoms with Crippen molar-refractivity contribution >= 4 is 0 Å². The van der Waals surface area contributed by atoms with E-state index in [0.29, 0.717) is 33.0 Å². The average Bonchev–Trinajstić information content (AvgIpc) is 2.40. The quantitative estimate of drug-likeness (QED) is 0.505. The summed E-state index contributed by atoms with van der Waals surface area (Å²) in [6.07, 6.45) is 2.65. The van der Waals surface area contributed by atoms with Crippen molar-refractivity contribution in [3.63, 3.8) is 0 Å². The molecule has 0 spiro atoms. The van der Waals surface area contributed by atoms with Gasteiger partial charge in [0.1, 0.15) is 0 Å². The molecule has 5 heteroatoms. The molecule has 0 bridgehead atoms. The lowest BCUT2D eigenvalue weighted by molar-refractivity contribution is 0.0505. The van der Waals surface area contributed by atoms with Crippen LogP contribution in [-0.2, 0) is 14.2 Å². The van der Waals surface area contributed by atoms with E-state index in [-0.39, 0.29) is 6.04 Å². The fourth-order valence-corrected chi connectivity index (χ4v) is 1.34. The van der Waals surface area contributed by atoms with E-state index in [1.165, 1.54) is 0 Å². The van der Waals surface area contributed by atoms with Gasteiger partial charge in [-0.2, -0.15) is 5.26 Å². The molecule has 0 heterocycles. The maximum Gasteiger partial charge on any atom is 0.0975 e. The van der Waals surface area contributed by atoms with Crippen molar-refractivity contribution < 1.29 is 14.2 Å². The zero-order valence-electron chi connectivity index (χ0n) is 11.6. The number of nitrogens with zero attached hydrogens (tertiary/aromatic N) is 1.